The molecule has 1 unspecified atom stereocenters. The molecule has 2 aliphatic rings. The van der Waals surface area contributed by atoms with Crippen molar-refractivity contribution in [1.29, 1.82) is 0 Å². The molecule has 2 aliphatic heterocycles. The number of nitrogens with one attached hydrogen (secondary N) is 1. The van der Waals surface area contributed by atoms with E-state index in [1.54, 1.807) is 0 Å². The minimum absolute atomic E-state index is 0.146. The van der Waals surface area contributed by atoms with Gasteiger partial charge < -0.3 is 29.8 Å². The molecule has 0 saturated carbocycles. The number of hydrogen-bond donors (Lipinski definition) is 2. The van der Waals surface area contributed by atoms with Gasteiger partial charge in [-0.25, -0.2) is 9.97 Å². The summed E-state index contributed by atoms with van der Waals surface area (Å²) in [6.45, 7) is 5.29. The van der Waals surface area contributed by atoms with Crippen molar-refractivity contribution in [2.24, 2.45) is 0 Å². The van der Waals surface area contributed by atoms with Crippen molar-refractivity contribution < 1.29 is 14.2 Å². The number of nitrogens with zero attached hydrogens (tertiary/aromatic N) is 3. The molecule has 2 fully saturated rings. The first kappa shape index (κ1) is 18.5. The Hall–Kier alpha value is -2.52. The first-order chi connectivity index (χ1) is 14.0. The van der Waals surface area contributed by atoms with Crippen LogP contribution in [-0.2, 0) is 20.8 Å². The van der Waals surface area contributed by atoms with Crippen LogP contribution in [0.25, 0.3) is 11.0 Å². The van der Waals surface area contributed by atoms with Crippen molar-refractivity contribution in [2.75, 3.05) is 12.3 Å². The summed E-state index contributed by atoms with van der Waals surface area (Å²) < 4.78 is 20.8. The van der Waals surface area contributed by atoms with Gasteiger partial charge in [-0.05, 0) is 25.5 Å². The van der Waals surface area contributed by atoms with Crippen LogP contribution in [0.1, 0.15) is 25.6 Å². The standard InChI is InChI=1S/C21H25N5O3/c1-21(2)28-16-15(11-23-10-13-6-4-3-5-7-13)27-20(17(16)29-21)26-9-8-14-18(22)24-12-25-19(14)26/h3-9,12,15-17,20,23H,10-11H2,1-2H3,(H2,22,24,25)/t15-,16-,17-,20?/m1/s1. The molecule has 0 aliphatic carbocycles. The van der Waals surface area contributed by atoms with Crippen molar-refractivity contribution >= 4 is 16.9 Å². The zero-order chi connectivity index (χ0) is 20.0. The second-order valence-electron chi connectivity index (χ2n) is 7.97. The molecule has 8 heteroatoms. The highest BCUT2D eigenvalue weighted by Crippen LogP contribution is 2.43. The molecular formula is C21H25N5O3. The topological polar surface area (TPSA) is 96.5 Å². The van der Waals surface area contributed by atoms with Gasteiger partial charge in [-0.15, -0.1) is 0 Å². The number of benzene rings is 1. The van der Waals surface area contributed by atoms with Gasteiger partial charge in [0.1, 0.15) is 36.1 Å². The summed E-state index contributed by atoms with van der Waals surface area (Å²) in [5.74, 6) is -0.209. The Balaban J connectivity index is 1.38. The molecule has 3 aromatic rings. The number of nitrogens with two attached hydrogens (primary N) is 1. The molecule has 5 rings (SSSR count). The third-order valence-corrected chi connectivity index (χ3v) is 5.46. The molecule has 4 atom stereocenters. The fourth-order valence-corrected chi connectivity index (χ4v) is 4.20. The molecule has 0 spiro atoms. The van der Waals surface area contributed by atoms with Gasteiger partial charge >= 0.3 is 0 Å². The lowest BCUT2D eigenvalue weighted by Gasteiger charge is -2.25. The number of anilines is 1. The van der Waals surface area contributed by atoms with E-state index in [1.165, 1.54) is 11.9 Å². The van der Waals surface area contributed by atoms with Crippen LogP contribution in [0.2, 0.25) is 0 Å². The normalized spacial score (nSPS) is 28.1. The Morgan fingerprint density at radius 3 is 2.72 bits per heavy atom. The van der Waals surface area contributed by atoms with Gasteiger partial charge in [-0.3, -0.25) is 0 Å². The predicted octanol–water partition coefficient (Wildman–Crippen LogP) is 2.22. The minimum Gasteiger partial charge on any atom is -0.383 e. The molecule has 152 valence electrons. The molecule has 0 bridgehead atoms. The summed E-state index contributed by atoms with van der Waals surface area (Å²) in [6.07, 6.45) is 2.49. The SMILES string of the molecule is CC1(C)O[C@@H]2[C@@H](CNCc3ccccc3)OC(n3ccc4c(N)ncnc43)[C@@H]2O1. The summed E-state index contributed by atoms with van der Waals surface area (Å²) in [4.78, 5) is 8.47. The highest BCUT2D eigenvalue weighted by molar-refractivity contribution is 5.86. The smallest absolute Gasteiger partial charge is 0.164 e. The molecular weight excluding hydrogens is 370 g/mol. The van der Waals surface area contributed by atoms with Crippen LogP contribution in [0, 0.1) is 0 Å². The van der Waals surface area contributed by atoms with Crippen molar-refractivity contribution in [3.05, 3.63) is 54.5 Å². The van der Waals surface area contributed by atoms with E-state index in [1.807, 2.05) is 48.9 Å². The molecule has 1 aromatic carbocycles. The molecule has 2 aromatic heterocycles. The van der Waals surface area contributed by atoms with E-state index in [-0.39, 0.29) is 24.5 Å². The second kappa shape index (κ2) is 7.07. The van der Waals surface area contributed by atoms with E-state index in [0.29, 0.717) is 12.4 Å². The molecule has 4 heterocycles. The Bertz CT molecular complexity index is 1010. The van der Waals surface area contributed by atoms with Crippen LogP contribution in [0.3, 0.4) is 0 Å². The second-order valence-corrected chi connectivity index (χ2v) is 7.97. The molecule has 3 N–H and O–H groups in total. The van der Waals surface area contributed by atoms with Gasteiger partial charge in [-0.2, -0.15) is 0 Å². The highest BCUT2D eigenvalue weighted by Gasteiger charge is 2.55. The van der Waals surface area contributed by atoms with E-state index in [2.05, 4.69) is 27.4 Å². The monoisotopic (exact) mass is 395 g/mol. The summed E-state index contributed by atoms with van der Waals surface area (Å²) in [5, 5.41) is 4.28. The van der Waals surface area contributed by atoms with Crippen molar-refractivity contribution in [3.8, 4) is 0 Å². The maximum atomic E-state index is 6.40. The minimum atomic E-state index is -0.661. The average Bonchev–Trinajstić information content (AvgIpc) is 3.35. The van der Waals surface area contributed by atoms with E-state index in [9.17, 15) is 0 Å². The van der Waals surface area contributed by atoms with E-state index in [0.717, 1.165) is 17.6 Å². The third-order valence-electron chi connectivity index (χ3n) is 5.46. The quantitative estimate of drug-likeness (QED) is 0.684. The first-order valence-corrected chi connectivity index (χ1v) is 9.84. The van der Waals surface area contributed by atoms with Crippen LogP contribution in [0.5, 0.6) is 0 Å². The zero-order valence-electron chi connectivity index (χ0n) is 16.5. The lowest BCUT2D eigenvalue weighted by atomic mass is 10.1. The zero-order valence-corrected chi connectivity index (χ0v) is 16.5. The third kappa shape index (κ3) is 3.38. The van der Waals surface area contributed by atoms with Gasteiger partial charge in [0.05, 0.1) is 5.39 Å². The lowest BCUT2D eigenvalue weighted by Crippen LogP contribution is -2.37. The average molecular weight is 395 g/mol. The Kier molecular flexibility index (Phi) is 4.51. The number of nitrogen functional groups attached to an aromatic ring is 1. The molecule has 2 saturated heterocycles. The van der Waals surface area contributed by atoms with Gasteiger partial charge in [0.25, 0.3) is 0 Å². The Morgan fingerprint density at radius 1 is 1.10 bits per heavy atom. The van der Waals surface area contributed by atoms with Crippen LogP contribution in [0.4, 0.5) is 5.82 Å². The van der Waals surface area contributed by atoms with Crippen molar-refractivity contribution in [3.63, 3.8) is 0 Å². The van der Waals surface area contributed by atoms with Gasteiger partial charge in [0.15, 0.2) is 12.0 Å². The summed E-state index contributed by atoms with van der Waals surface area (Å²) in [5.41, 5.74) is 7.95. The maximum Gasteiger partial charge on any atom is 0.164 e. The van der Waals surface area contributed by atoms with Gasteiger partial charge in [0.2, 0.25) is 0 Å². The summed E-state index contributed by atoms with van der Waals surface area (Å²) in [6, 6.07) is 12.2. The number of rotatable bonds is 5. The first-order valence-electron chi connectivity index (χ1n) is 9.84. The molecule has 0 amide bonds. The number of ether oxygens (including phenoxy) is 3. The number of aromatic nitrogens is 3. The van der Waals surface area contributed by atoms with Crippen LogP contribution in [0.15, 0.2) is 48.9 Å². The molecule has 0 radical (unpaired) electrons. The van der Waals surface area contributed by atoms with Gasteiger partial charge in [0, 0.05) is 19.3 Å². The Labute approximate surface area is 169 Å². The van der Waals surface area contributed by atoms with Crippen LogP contribution < -0.4 is 11.1 Å². The highest BCUT2D eigenvalue weighted by atomic mass is 16.8. The van der Waals surface area contributed by atoms with E-state index < -0.39 is 5.79 Å². The lowest BCUT2D eigenvalue weighted by molar-refractivity contribution is -0.195. The number of fused-ring (bicyclic) bond motifs is 2. The number of hydrogen-bond acceptors (Lipinski definition) is 7. The molecule has 8 nitrogen and oxygen atoms in total. The fraction of sp³-hybridized carbons (Fsp3) is 0.429. The van der Waals surface area contributed by atoms with Crippen LogP contribution >= 0.6 is 0 Å². The fourth-order valence-electron chi connectivity index (χ4n) is 4.20. The largest absolute Gasteiger partial charge is 0.383 e. The Morgan fingerprint density at radius 2 is 1.90 bits per heavy atom. The van der Waals surface area contributed by atoms with Crippen molar-refractivity contribution in [1.82, 2.24) is 19.9 Å². The molecule has 29 heavy (non-hydrogen) atoms. The van der Waals surface area contributed by atoms with Gasteiger partial charge in [-0.1, -0.05) is 30.3 Å². The summed E-state index contributed by atoms with van der Waals surface area (Å²) >= 11 is 0. The van der Waals surface area contributed by atoms with E-state index in [4.69, 9.17) is 19.9 Å². The maximum absolute atomic E-state index is 6.40. The van der Waals surface area contributed by atoms with Crippen LogP contribution in [-0.4, -0.2) is 45.2 Å². The van der Waals surface area contributed by atoms with Crippen molar-refractivity contribution in [2.45, 2.75) is 50.7 Å². The predicted molar refractivity (Wildman–Crippen MR) is 108 cm³/mol. The summed E-state index contributed by atoms with van der Waals surface area (Å²) in [7, 11) is 0. The van der Waals surface area contributed by atoms with E-state index >= 15 is 0 Å².